The Balaban J connectivity index is 2.17. The van der Waals surface area contributed by atoms with Gasteiger partial charge < -0.3 is 4.74 Å². The maximum Gasteiger partial charge on any atom is 0.177 e. The number of carbonyl (C=O) groups is 1. The van der Waals surface area contributed by atoms with Gasteiger partial charge in [0.2, 0.25) is 0 Å². The first-order valence-corrected chi connectivity index (χ1v) is 6.72. The number of ether oxygens (including phenoxy) is 1. The topological polar surface area (TPSA) is 26.3 Å². The van der Waals surface area contributed by atoms with Gasteiger partial charge in [0.25, 0.3) is 0 Å². The molecular weight excluding hydrogens is 276 g/mol. The zero-order chi connectivity index (χ0) is 10.8. The van der Waals surface area contributed by atoms with Gasteiger partial charge in [0, 0.05) is 23.6 Å². The molecule has 4 heteroatoms. The summed E-state index contributed by atoms with van der Waals surface area (Å²) in [6.07, 6.45) is 0.852. The molecule has 1 aliphatic heterocycles. The van der Waals surface area contributed by atoms with E-state index in [9.17, 15) is 4.79 Å². The first kappa shape index (κ1) is 11.3. The minimum Gasteiger partial charge on any atom is -0.381 e. The van der Waals surface area contributed by atoms with Crippen molar-refractivity contribution in [1.29, 1.82) is 0 Å². The highest BCUT2D eigenvalue weighted by Gasteiger charge is 2.30. The van der Waals surface area contributed by atoms with Crippen LogP contribution in [0.25, 0.3) is 0 Å². The van der Waals surface area contributed by atoms with Gasteiger partial charge in [-0.1, -0.05) is 6.92 Å². The maximum absolute atomic E-state index is 12.2. The second-order valence-corrected chi connectivity index (χ2v) is 5.68. The van der Waals surface area contributed by atoms with Crippen molar-refractivity contribution in [2.75, 3.05) is 13.2 Å². The Bertz CT molecular complexity index is 361. The Morgan fingerprint density at radius 3 is 3.07 bits per heavy atom. The van der Waals surface area contributed by atoms with Crippen LogP contribution in [0.2, 0.25) is 0 Å². The van der Waals surface area contributed by atoms with E-state index in [1.807, 2.05) is 11.4 Å². The fraction of sp³-hybridized carbons (Fsp3) is 0.545. The lowest BCUT2D eigenvalue weighted by atomic mass is 9.86. The molecule has 0 aliphatic carbocycles. The molecule has 0 radical (unpaired) electrons. The minimum atomic E-state index is 0.133. The molecule has 0 saturated carbocycles. The average molecular weight is 289 g/mol. The summed E-state index contributed by atoms with van der Waals surface area (Å²) in [4.78, 5) is 13.1. The molecule has 1 aliphatic rings. The Kier molecular flexibility index (Phi) is 3.59. The molecule has 82 valence electrons. The summed E-state index contributed by atoms with van der Waals surface area (Å²) in [6, 6.07) is 1.93. The van der Waals surface area contributed by atoms with Crippen LogP contribution in [0.1, 0.15) is 23.0 Å². The maximum atomic E-state index is 12.2. The van der Waals surface area contributed by atoms with E-state index < -0.39 is 0 Å². The number of thiophene rings is 1. The van der Waals surface area contributed by atoms with Crippen LogP contribution in [0.3, 0.4) is 0 Å². The monoisotopic (exact) mass is 288 g/mol. The first-order valence-electron chi connectivity index (χ1n) is 5.05. The number of hydrogen-bond acceptors (Lipinski definition) is 3. The molecule has 1 aromatic heterocycles. The van der Waals surface area contributed by atoms with E-state index >= 15 is 0 Å². The molecule has 0 spiro atoms. The molecule has 0 amide bonds. The highest BCUT2D eigenvalue weighted by Crippen LogP contribution is 2.31. The molecule has 15 heavy (non-hydrogen) atoms. The number of carbonyl (C=O) groups excluding carboxylic acids is 1. The Labute approximate surface area is 102 Å². The number of ketones is 1. The molecule has 1 aromatic rings. The Hall–Kier alpha value is -0.190. The summed E-state index contributed by atoms with van der Waals surface area (Å²) in [5, 5.41) is 1.95. The fourth-order valence-electron chi connectivity index (χ4n) is 1.91. The summed E-state index contributed by atoms with van der Waals surface area (Å²) >= 11 is 4.93. The van der Waals surface area contributed by atoms with Crippen molar-refractivity contribution in [3.05, 3.63) is 20.8 Å². The van der Waals surface area contributed by atoms with Crippen LogP contribution >= 0.6 is 27.3 Å². The molecule has 2 unspecified atom stereocenters. The molecular formula is C11H13BrO2S. The largest absolute Gasteiger partial charge is 0.381 e. The lowest BCUT2D eigenvalue weighted by Crippen LogP contribution is -2.31. The van der Waals surface area contributed by atoms with E-state index in [4.69, 9.17) is 4.74 Å². The predicted octanol–water partition coefficient (Wildman–Crippen LogP) is 3.37. The second-order valence-electron chi connectivity index (χ2n) is 3.91. The summed E-state index contributed by atoms with van der Waals surface area (Å²) in [5.41, 5.74) is 0. The van der Waals surface area contributed by atoms with Crippen molar-refractivity contribution in [2.24, 2.45) is 11.8 Å². The molecule has 2 rings (SSSR count). The van der Waals surface area contributed by atoms with Crippen molar-refractivity contribution in [3.8, 4) is 0 Å². The summed E-state index contributed by atoms with van der Waals surface area (Å²) in [7, 11) is 0. The van der Waals surface area contributed by atoms with Crippen molar-refractivity contribution >= 4 is 33.0 Å². The van der Waals surface area contributed by atoms with Gasteiger partial charge in [-0.25, -0.2) is 0 Å². The molecule has 0 N–H and O–H groups in total. The number of Topliss-reactive ketones (excluding diaryl/α,β-unsaturated/α-hetero) is 1. The normalized spacial score (nSPS) is 26.5. The van der Waals surface area contributed by atoms with E-state index in [2.05, 4.69) is 22.9 Å². The van der Waals surface area contributed by atoms with Crippen LogP contribution in [0.15, 0.2) is 15.9 Å². The molecule has 2 atom stereocenters. The Morgan fingerprint density at radius 2 is 2.47 bits per heavy atom. The molecule has 2 heterocycles. The summed E-state index contributed by atoms with van der Waals surface area (Å²) in [5.74, 6) is 0.738. The van der Waals surface area contributed by atoms with E-state index in [-0.39, 0.29) is 11.7 Å². The van der Waals surface area contributed by atoms with Crippen LogP contribution in [-0.4, -0.2) is 19.0 Å². The Morgan fingerprint density at radius 1 is 1.67 bits per heavy atom. The van der Waals surface area contributed by atoms with Crippen LogP contribution < -0.4 is 0 Å². The standard InChI is InChI=1S/C11H13BrO2S/c1-7-6-14-4-2-8(7)10(13)11-9(12)3-5-15-11/h3,5,7-8H,2,4,6H2,1H3. The second kappa shape index (κ2) is 4.76. The highest BCUT2D eigenvalue weighted by molar-refractivity contribution is 9.10. The van der Waals surface area contributed by atoms with Crippen molar-refractivity contribution in [1.82, 2.24) is 0 Å². The van der Waals surface area contributed by atoms with Gasteiger partial charge in [0.15, 0.2) is 5.78 Å². The van der Waals surface area contributed by atoms with Gasteiger partial charge in [-0.2, -0.15) is 0 Å². The molecule has 0 bridgehead atoms. The van der Waals surface area contributed by atoms with Crippen LogP contribution in [0.4, 0.5) is 0 Å². The summed E-state index contributed by atoms with van der Waals surface area (Å²) < 4.78 is 6.28. The predicted molar refractivity (Wildman–Crippen MR) is 64.4 cm³/mol. The smallest absolute Gasteiger partial charge is 0.177 e. The van der Waals surface area contributed by atoms with E-state index in [0.29, 0.717) is 19.1 Å². The number of halogens is 1. The number of rotatable bonds is 2. The van der Waals surface area contributed by atoms with Crippen molar-refractivity contribution < 1.29 is 9.53 Å². The van der Waals surface area contributed by atoms with Gasteiger partial charge in [0.05, 0.1) is 4.88 Å². The molecule has 0 aromatic carbocycles. The van der Waals surface area contributed by atoms with Gasteiger partial charge >= 0.3 is 0 Å². The minimum absolute atomic E-state index is 0.133. The van der Waals surface area contributed by atoms with Gasteiger partial charge in [-0.3, -0.25) is 4.79 Å². The van der Waals surface area contributed by atoms with Gasteiger partial charge in [0.1, 0.15) is 0 Å². The highest BCUT2D eigenvalue weighted by atomic mass is 79.9. The third kappa shape index (κ3) is 2.32. The SMILES string of the molecule is CC1COCCC1C(=O)c1sccc1Br. The molecule has 2 nitrogen and oxygen atoms in total. The first-order chi connectivity index (χ1) is 7.20. The molecule has 1 fully saturated rings. The average Bonchev–Trinajstić information content (AvgIpc) is 2.64. The third-order valence-electron chi connectivity index (χ3n) is 2.82. The van der Waals surface area contributed by atoms with E-state index in [1.54, 1.807) is 0 Å². The van der Waals surface area contributed by atoms with Crippen molar-refractivity contribution in [3.63, 3.8) is 0 Å². The van der Waals surface area contributed by atoms with Gasteiger partial charge in [-0.05, 0) is 39.7 Å². The zero-order valence-electron chi connectivity index (χ0n) is 8.53. The zero-order valence-corrected chi connectivity index (χ0v) is 10.9. The lowest BCUT2D eigenvalue weighted by Gasteiger charge is -2.27. The lowest BCUT2D eigenvalue weighted by molar-refractivity contribution is 0.0243. The number of hydrogen-bond donors (Lipinski definition) is 0. The quantitative estimate of drug-likeness (QED) is 0.780. The fourth-order valence-corrected chi connectivity index (χ4v) is 3.48. The van der Waals surface area contributed by atoms with Crippen molar-refractivity contribution in [2.45, 2.75) is 13.3 Å². The van der Waals surface area contributed by atoms with E-state index in [1.165, 1.54) is 11.3 Å². The van der Waals surface area contributed by atoms with Gasteiger partial charge in [-0.15, -0.1) is 11.3 Å². The van der Waals surface area contributed by atoms with Crippen LogP contribution in [0.5, 0.6) is 0 Å². The van der Waals surface area contributed by atoms with E-state index in [0.717, 1.165) is 15.8 Å². The molecule has 1 saturated heterocycles. The third-order valence-corrected chi connectivity index (χ3v) is 4.67. The van der Waals surface area contributed by atoms with Crippen LogP contribution in [-0.2, 0) is 4.74 Å². The van der Waals surface area contributed by atoms with Crippen LogP contribution in [0, 0.1) is 11.8 Å². The summed E-state index contributed by atoms with van der Waals surface area (Å²) in [6.45, 7) is 3.51.